The Balaban J connectivity index is 2.44. The number of hydrogen-bond donors (Lipinski definition) is 2. The molecule has 0 aliphatic heterocycles. The molecule has 1 aromatic rings. The molecule has 6 heteroatoms. The Hall–Kier alpha value is -0.950. The van der Waals surface area contributed by atoms with Crippen LogP contribution in [0.1, 0.15) is 5.56 Å². The second kappa shape index (κ2) is 6.11. The Labute approximate surface area is 102 Å². The van der Waals surface area contributed by atoms with E-state index in [0.717, 1.165) is 9.87 Å². The van der Waals surface area contributed by atoms with Gasteiger partial charge in [-0.2, -0.15) is 17.4 Å². The summed E-state index contributed by atoms with van der Waals surface area (Å²) < 4.78 is 26.2. The summed E-state index contributed by atoms with van der Waals surface area (Å²) in [5.41, 5.74) is 0.976. The van der Waals surface area contributed by atoms with Crippen molar-refractivity contribution in [1.82, 2.24) is 9.03 Å². The molecule has 0 heterocycles. The van der Waals surface area contributed by atoms with E-state index in [4.69, 9.17) is 0 Å². The van der Waals surface area contributed by atoms with Gasteiger partial charge in [0.2, 0.25) is 0 Å². The largest absolute Gasteiger partial charge is 0.391 e. The van der Waals surface area contributed by atoms with E-state index >= 15 is 0 Å². The zero-order valence-electron chi connectivity index (χ0n) is 10.00. The number of aliphatic hydroxyl groups is 1. The van der Waals surface area contributed by atoms with Gasteiger partial charge in [-0.3, -0.25) is 0 Å². The zero-order chi connectivity index (χ0) is 12.9. The summed E-state index contributed by atoms with van der Waals surface area (Å²) in [6.07, 6.45) is -0.302. The molecule has 1 rings (SSSR count). The van der Waals surface area contributed by atoms with Crippen molar-refractivity contribution in [3.63, 3.8) is 0 Å². The molecule has 0 aliphatic rings. The second-order valence-electron chi connectivity index (χ2n) is 3.98. The Morgan fingerprint density at radius 2 is 1.88 bits per heavy atom. The van der Waals surface area contributed by atoms with Gasteiger partial charge in [0.15, 0.2) is 0 Å². The van der Waals surface area contributed by atoms with E-state index in [0.29, 0.717) is 6.42 Å². The lowest BCUT2D eigenvalue weighted by Crippen LogP contribution is -2.40. The van der Waals surface area contributed by atoms with Crippen LogP contribution in [0.2, 0.25) is 0 Å². The molecule has 0 fully saturated rings. The van der Waals surface area contributed by atoms with Gasteiger partial charge in [-0.1, -0.05) is 30.3 Å². The Kier molecular flexibility index (Phi) is 5.07. The summed E-state index contributed by atoms with van der Waals surface area (Å²) in [4.78, 5) is 0. The molecule has 0 radical (unpaired) electrons. The maximum absolute atomic E-state index is 11.4. The summed E-state index contributed by atoms with van der Waals surface area (Å²) in [6, 6.07) is 9.44. The maximum Gasteiger partial charge on any atom is 0.279 e. The van der Waals surface area contributed by atoms with Crippen molar-refractivity contribution in [3.8, 4) is 0 Å². The summed E-state index contributed by atoms with van der Waals surface area (Å²) in [7, 11) is -0.589. The quantitative estimate of drug-likeness (QED) is 0.754. The van der Waals surface area contributed by atoms with Crippen LogP contribution >= 0.6 is 0 Å². The molecule has 1 aromatic carbocycles. The monoisotopic (exact) mass is 258 g/mol. The summed E-state index contributed by atoms with van der Waals surface area (Å²) >= 11 is 0. The summed E-state index contributed by atoms with van der Waals surface area (Å²) in [5.74, 6) is 0. The van der Waals surface area contributed by atoms with E-state index in [-0.39, 0.29) is 6.54 Å². The summed E-state index contributed by atoms with van der Waals surface area (Å²) in [6.45, 7) is 0.00933. The minimum Gasteiger partial charge on any atom is -0.391 e. The first-order valence-corrected chi connectivity index (χ1v) is 6.75. The minimum atomic E-state index is -3.46. The molecule has 0 bridgehead atoms. The third-order valence-electron chi connectivity index (χ3n) is 2.30. The number of nitrogens with zero attached hydrogens (tertiary/aromatic N) is 1. The van der Waals surface area contributed by atoms with Crippen LogP contribution in [0, 0.1) is 0 Å². The van der Waals surface area contributed by atoms with Gasteiger partial charge < -0.3 is 5.11 Å². The van der Waals surface area contributed by atoms with E-state index < -0.39 is 16.3 Å². The van der Waals surface area contributed by atoms with E-state index in [1.165, 1.54) is 14.1 Å². The summed E-state index contributed by atoms with van der Waals surface area (Å²) in [5, 5.41) is 9.70. The predicted octanol–water partition coefficient (Wildman–Crippen LogP) is -0.0140. The van der Waals surface area contributed by atoms with Gasteiger partial charge in [-0.25, -0.2) is 0 Å². The van der Waals surface area contributed by atoms with Crippen LogP contribution in [0.15, 0.2) is 30.3 Å². The van der Waals surface area contributed by atoms with Crippen LogP contribution in [-0.2, 0) is 16.6 Å². The van der Waals surface area contributed by atoms with Gasteiger partial charge in [0.25, 0.3) is 10.2 Å². The fraction of sp³-hybridized carbons (Fsp3) is 0.455. The van der Waals surface area contributed by atoms with Gasteiger partial charge in [-0.15, -0.1) is 0 Å². The third-order valence-corrected chi connectivity index (χ3v) is 3.79. The molecule has 0 aliphatic carbocycles. The van der Waals surface area contributed by atoms with Gasteiger partial charge in [0.05, 0.1) is 6.10 Å². The van der Waals surface area contributed by atoms with Gasteiger partial charge >= 0.3 is 0 Å². The first-order chi connectivity index (χ1) is 7.92. The van der Waals surface area contributed by atoms with Crippen molar-refractivity contribution >= 4 is 10.2 Å². The highest BCUT2D eigenvalue weighted by molar-refractivity contribution is 7.87. The van der Waals surface area contributed by atoms with Crippen LogP contribution in [-0.4, -0.2) is 44.6 Å². The maximum atomic E-state index is 11.4. The standard InChI is InChI=1S/C11H18N2O3S/c1-13(2)17(15,16)12-9-11(14)8-10-6-4-3-5-7-10/h3-7,11-12,14H,8-9H2,1-2H3/t11-/m1/s1. The van der Waals surface area contributed by atoms with Crippen molar-refractivity contribution in [2.45, 2.75) is 12.5 Å². The van der Waals surface area contributed by atoms with Crippen molar-refractivity contribution < 1.29 is 13.5 Å². The first kappa shape index (κ1) is 14.1. The topological polar surface area (TPSA) is 69.6 Å². The first-order valence-electron chi connectivity index (χ1n) is 5.31. The third kappa shape index (κ3) is 4.82. The highest BCUT2D eigenvalue weighted by Crippen LogP contribution is 2.02. The molecule has 0 saturated carbocycles. The average molecular weight is 258 g/mol. The molecule has 96 valence electrons. The average Bonchev–Trinajstić information content (AvgIpc) is 2.28. The van der Waals surface area contributed by atoms with Crippen LogP contribution in [0.3, 0.4) is 0 Å². The predicted molar refractivity (Wildman–Crippen MR) is 66.8 cm³/mol. The lowest BCUT2D eigenvalue weighted by molar-refractivity contribution is 0.178. The number of aliphatic hydroxyl groups excluding tert-OH is 1. The van der Waals surface area contributed by atoms with Crippen LogP contribution in [0.5, 0.6) is 0 Å². The molecule has 0 unspecified atom stereocenters. The van der Waals surface area contributed by atoms with Gasteiger partial charge in [0, 0.05) is 20.6 Å². The zero-order valence-corrected chi connectivity index (χ0v) is 10.8. The SMILES string of the molecule is CN(C)S(=O)(=O)NC[C@H](O)Cc1ccccc1. The lowest BCUT2D eigenvalue weighted by Gasteiger charge is -2.15. The Morgan fingerprint density at radius 3 is 2.41 bits per heavy atom. The van der Waals surface area contributed by atoms with Crippen LogP contribution in [0.4, 0.5) is 0 Å². The number of benzene rings is 1. The van der Waals surface area contributed by atoms with E-state index in [9.17, 15) is 13.5 Å². The second-order valence-corrected chi connectivity index (χ2v) is 5.95. The number of hydrogen-bond acceptors (Lipinski definition) is 3. The van der Waals surface area contributed by atoms with Crippen molar-refractivity contribution in [2.75, 3.05) is 20.6 Å². The molecule has 0 amide bonds. The molecular weight excluding hydrogens is 240 g/mol. The fourth-order valence-electron chi connectivity index (χ4n) is 1.29. The van der Waals surface area contributed by atoms with Crippen LogP contribution < -0.4 is 4.72 Å². The van der Waals surface area contributed by atoms with Gasteiger partial charge in [-0.05, 0) is 12.0 Å². The van der Waals surface area contributed by atoms with Gasteiger partial charge in [0.1, 0.15) is 0 Å². The molecule has 0 aromatic heterocycles. The molecule has 2 N–H and O–H groups in total. The van der Waals surface area contributed by atoms with E-state index in [1.54, 1.807) is 0 Å². The highest BCUT2D eigenvalue weighted by atomic mass is 32.2. The Bertz CT molecular complexity index is 431. The molecule has 17 heavy (non-hydrogen) atoms. The highest BCUT2D eigenvalue weighted by Gasteiger charge is 2.15. The molecule has 1 atom stereocenters. The van der Waals surface area contributed by atoms with E-state index in [1.807, 2.05) is 30.3 Å². The normalized spacial score (nSPS) is 13.9. The van der Waals surface area contributed by atoms with Crippen molar-refractivity contribution in [2.24, 2.45) is 0 Å². The molecular formula is C11H18N2O3S. The molecule has 0 spiro atoms. The van der Waals surface area contributed by atoms with Crippen molar-refractivity contribution in [3.05, 3.63) is 35.9 Å². The van der Waals surface area contributed by atoms with E-state index in [2.05, 4.69) is 4.72 Å². The lowest BCUT2D eigenvalue weighted by atomic mass is 10.1. The van der Waals surface area contributed by atoms with Crippen LogP contribution in [0.25, 0.3) is 0 Å². The molecule has 5 nitrogen and oxygen atoms in total. The fourth-order valence-corrected chi connectivity index (χ4v) is 1.95. The number of nitrogens with one attached hydrogen (secondary N) is 1. The Morgan fingerprint density at radius 1 is 1.29 bits per heavy atom. The molecule has 0 saturated heterocycles. The number of rotatable bonds is 6. The minimum absolute atomic E-state index is 0.00933. The smallest absolute Gasteiger partial charge is 0.279 e. The van der Waals surface area contributed by atoms with Crippen molar-refractivity contribution in [1.29, 1.82) is 0 Å².